The summed E-state index contributed by atoms with van der Waals surface area (Å²) in [6, 6.07) is 8.27. The van der Waals surface area contributed by atoms with Crippen molar-refractivity contribution in [3.63, 3.8) is 0 Å². The number of para-hydroxylation sites is 1. The lowest BCUT2D eigenvalue weighted by Gasteiger charge is -2.21. The van der Waals surface area contributed by atoms with Gasteiger partial charge in [0, 0.05) is 25.0 Å². The van der Waals surface area contributed by atoms with Crippen LogP contribution in [0.3, 0.4) is 0 Å². The molecule has 5 heteroatoms. The summed E-state index contributed by atoms with van der Waals surface area (Å²) in [5.74, 6) is -0.0116. The second kappa shape index (κ2) is 4.63. The molecule has 0 bridgehead atoms. The number of hydrogen-bond acceptors (Lipinski definition) is 2. The molecule has 0 saturated heterocycles. The Bertz CT molecular complexity index is 650. The lowest BCUT2D eigenvalue weighted by atomic mass is 10.1. The molecule has 1 aliphatic heterocycles. The lowest BCUT2D eigenvalue weighted by molar-refractivity contribution is 0.0975. The molecule has 4 nitrogen and oxygen atoms in total. The Labute approximate surface area is 125 Å². The highest BCUT2D eigenvalue weighted by Crippen LogP contribution is 2.33. The smallest absolute Gasteiger partial charge is 0.280 e. The topological polar surface area (TPSA) is 38.1 Å². The van der Waals surface area contributed by atoms with Crippen molar-refractivity contribution in [3.05, 3.63) is 45.3 Å². The first kappa shape index (κ1) is 12.7. The fourth-order valence-corrected chi connectivity index (χ4v) is 3.34. The molecular weight excluding hydrogens is 353 g/mol. The van der Waals surface area contributed by atoms with Gasteiger partial charge in [0.25, 0.3) is 5.91 Å². The zero-order valence-corrected chi connectivity index (χ0v) is 13.0. The van der Waals surface area contributed by atoms with Gasteiger partial charge < -0.3 is 4.90 Å². The van der Waals surface area contributed by atoms with Crippen LogP contribution in [0.4, 0.5) is 5.69 Å². The SMILES string of the molecule is CC1Cc2ccccc2N1C(=O)c1nn(C)cc1I. The van der Waals surface area contributed by atoms with Gasteiger partial charge in [-0.1, -0.05) is 18.2 Å². The van der Waals surface area contributed by atoms with E-state index in [0.717, 1.165) is 15.7 Å². The molecule has 0 spiro atoms. The van der Waals surface area contributed by atoms with Crippen molar-refractivity contribution in [1.82, 2.24) is 9.78 Å². The zero-order valence-electron chi connectivity index (χ0n) is 10.8. The van der Waals surface area contributed by atoms with Gasteiger partial charge in [-0.3, -0.25) is 9.48 Å². The average molecular weight is 367 g/mol. The molecule has 1 aliphatic rings. The van der Waals surface area contributed by atoms with Crippen LogP contribution in [0.25, 0.3) is 0 Å². The van der Waals surface area contributed by atoms with E-state index in [1.807, 2.05) is 36.3 Å². The van der Waals surface area contributed by atoms with Crippen molar-refractivity contribution in [2.75, 3.05) is 4.90 Å². The number of rotatable bonds is 1. The number of anilines is 1. The van der Waals surface area contributed by atoms with Crippen LogP contribution in [-0.2, 0) is 13.5 Å². The number of aromatic nitrogens is 2. The van der Waals surface area contributed by atoms with Crippen LogP contribution in [0.15, 0.2) is 30.5 Å². The van der Waals surface area contributed by atoms with Crippen molar-refractivity contribution in [2.45, 2.75) is 19.4 Å². The average Bonchev–Trinajstić information content (AvgIpc) is 2.87. The van der Waals surface area contributed by atoms with Gasteiger partial charge in [-0.25, -0.2) is 0 Å². The first-order valence-corrected chi connectivity index (χ1v) is 7.26. The maximum atomic E-state index is 12.7. The number of nitrogens with zero attached hydrogens (tertiary/aromatic N) is 3. The molecular formula is C14H14IN3O. The Hall–Kier alpha value is -1.37. The molecule has 1 atom stereocenters. The fourth-order valence-electron chi connectivity index (χ4n) is 2.59. The third kappa shape index (κ3) is 2.05. The van der Waals surface area contributed by atoms with Gasteiger partial charge in [-0.05, 0) is 47.6 Å². The minimum Gasteiger partial charge on any atom is -0.304 e. The third-order valence-corrected chi connectivity index (χ3v) is 4.20. The van der Waals surface area contributed by atoms with Crippen LogP contribution in [0.1, 0.15) is 23.0 Å². The number of halogens is 1. The third-order valence-electron chi connectivity index (χ3n) is 3.41. The van der Waals surface area contributed by atoms with E-state index < -0.39 is 0 Å². The predicted octanol–water partition coefficient (Wildman–Crippen LogP) is 2.62. The van der Waals surface area contributed by atoms with Gasteiger partial charge in [0.15, 0.2) is 5.69 Å². The van der Waals surface area contributed by atoms with Gasteiger partial charge >= 0.3 is 0 Å². The highest BCUT2D eigenvalue weighted by Gasteiger charge is 2.33. The summed E-state index contributed by atoms with van der Waals surface area (Å²) >= 11 is 2.16. The predicted molar refractivity (Wildman–Crippen MR) is 82.3 cm³/mol. The molecule has 1 unspecified atom stereocenters. The summed E-state index contributed by atoms with van der Waals surface area (Å²) in [5.41, 5.74) is 2.78. The Balaban J connectivity index is 2.03. The van der Waals surface area contributed by atoms with Crippen LogP contribution in [0.2, 0.25) is 0 Å². The van der Waals surface area contributed by atoms with Gasteiger partial charge in [0.2, 0.25) is 0 Å². The first-order valence-electron chi connectivity index (χ1n) is 6.18. The summed E-state index contributed by atoms with van der Waals surface area (Å²) in [6.07, 6.45) is 2.77. The van der Waals surface area contributed by atoms with Crippen molar-refractivity contribution in [1.29, 1.82) is 0 Å². The zero-order chi connectivity index (χ0) is 13.6. The summed E-state index contributed by atoms with van der Waals surface area (Å²) in [7, 11) is 1.83. The minimum atomic E-state index is -0.0116. The lowest BCUT2D eigenvalue weighted by Crippen LogP contribution is -2.36. The largest absolute Gasteiger partial charge is 0.304 e. The first-order chi connectivity index (χ1) is 9.08. The van der Waals surface area contributed by atoms with Gasteiger partial charge in [0.05, 0.1) is 3.57 Å². The van der Waals surface area contributed by atoms with Crippen LogP contribution in [0.5, 0.6) is 0 Å². The van der Waals surface area contributed by atoms with Crippen molar-refractivity contribution >= 4 is 34.2 Å². The van der Waals surface area contributed by atoms with Crippen molar-refractivity contribution in [3.8, 4) is 0 Å². The number of hydrogen-bond donors (Lipinski definition) is 0. The molecule has 19 heavy (non-hydrogen) atoms. The number of benzene rings is 1. The van der Waals surface area contributed by atoms with E-state index in [1.165, 1.54) is 5.56 Å². The van der Waals surface area contributed by atoms with Gasteiger partial charge in [-0.2, -0.15) is 5.10 Å². The van der Waals surface area contributed by atoms with Gasteiger partial charge in [-0.15, -0.1) is 0 Å². The standard InChI is InChI=1S/C14H14IN3O/c1-9-7-10-5-3-4-6-12(10)18(9)14(19)13-11(15)8-17(2)16-13/h3-6,8-9H,7H2,1-2H3. The Morgan fingerprint density at radius 1 is 1.42 bits per heavy atom. The number of carbonyl (C=O) groups excluding carboxylic acids is 1. The molecule has 98 valence electrons. The monoisotopic (exact) mass is 367 g/mol. The molecule has 0 fully saturated rings. The Kier molecular flexibility index (Phi) is 3.08. The molecule has 1 amide bonds. The van der Waals surface area contributed by atoms with Crippen LogP contribution in [0, 0.1) is 3.57 Å². The number of amides is 1. The van der Waals surface area contributed by atoms with E-state index in [2.05, 4.69) is 40.7 Å². The van der Waals surface area contributed by atoms with E-state index in [0.29, 0.717) is 5.69 Å². The molecule has 1 aromatic heterocycles. The summed E-state index contributed by atoms with van der Waals surface area (Å²) in [4.78, 5) is 14.6. The Morgan fingerprint density at radius 2 is 2.16 bits per heavy atom. The van der Waals surface area contributed by atoms with Crippen LogP contribution < -0.4 is 4.90 Å². The van der Waals surface area contributed by atoms with Crippen molar-refractivity contribution < 1.29 is 4.79 Å². The normalized spacial score (nSPS) is 17.6. The number of fused-ring (bicyclic) bond motifs is 1. The van der Waals surface area contributed by atoms with E-state index in [9.17, 15) is 4.79 Å². The summed E-state index contributed by atoms with van der Waals surface area (Å²) in [6.45, 7) is 2.08. The molecule has 0 saturated carbocycles. The van der Waals surface area contributed by atoms with E-state index >= 15 is 0 Å². The number of aryl methyl sites for hydroxylation is 1. The minimum absolute atomic E-state index is 0.0116. The molecule has 0 aliphatic carbocycles. The van der Waals surface area contributed by atoms with Crippen molar-refractivity contribution in [2.24, 2.45) is 7.05 Å². The number of carbonyl (C=O) groups is 1. The highest BCUT2D eigenvalue weighted by molar-refractivity contribution is 14.1. The van der Waals surface area contributed by atoms with Crippen LogP contribution in [-0.4, -0.2) is 21.7 Å². The molecule has 2 heterocycles. The van der Waals surface area contributed by atoms with Crippen LogP contribution >= 0.6 is 22.6 Å². The highest BCUT2D eigenvalue weighted by atomic mass is 127. The quantitative estimate of drug-likeness (QED) is 0.727. The molecule has 0 radical (unpaired) electrons. The molecule has 1 aromatic carbocycles. The van der Waals surface area contributed by atoms with E-state index in [1.54, 1.807) is 4.68 Å². The van der Waals surface area contributed by atoms with Gasteiger partial charge in [0.1, 0.15) is 0 Å². The molecule has 0 N–H and O–H groups in total. The molecule has 3 rings (SSSR count). The fraction of sp³-hybridized carbons (Fsp3) is 0.286. The summed E-state index contributed by atoms with van der Waals surface area (Å²) in [5, 5.41) is 4.28. The van der Waals surface area contributed by atoms with E-state index in [-0.39, 0.29) is 11.9 Å². The molecule has 2 aromatic rings. The maximum absolute atomic E-state index is 12.7. The second-order valence-electron chi connectivity index (χ2n) is 4.86. The van der Waals surface area contributed by atoms with E-state index in [4.69, 9.17) is 0 Å². The maximum Gasteiger partial charge on any atom is 0.280 e. The summed E-state index contributed by atoms with van der Waals surface area (Å²) < 4.78 is 2.57. The Morgan fingerprint density at radius 3 is 2.84 bits per heavy atom. The second-order valence-corrected chi connectivity index (χ2v) is 6.02.